The SMILES string of the molecule is CSCC[C@@H](NC(=O)/C(=C\c1cccc([N+](=O)[O-])c1)NC(=O)c1ccccc1)C(=O)O. The molecular weight excluding hydrogens is 422 g/mol. The van der Waals surface area contributed by atoms with E-state index in [9.17, 15) is 29.6 Å². The fourth-order valence-corrected chi connectivity index (χ4v) is 3.04. The maximum absolute atomic E-state index is 12.8. The molecule has 2 aromatic carbocycles. The quantitative estimate of drug-likeness (QED) is 0.291. The first-order valence-corrected chi connectivity index (χ1v) is 10.6. The van der Waals surface area contributed by atoms with Gasteiger partial charge >= 0.3 is 5.97 Å². The van der Waals surface area contributed by atoms with Crippen LogP contribution >= 0.6 is 11.8 Å². The molecule has 0 fully saturated rings. The van der Waals surface area contributed by atoms with Crippen molar-refractivity contribution >= 4 is 41.3 Å². The maximum atomic E-state index is 12.8. The zero-order valence-corrected chi connectivity index (χ0v) is 17.4. The summed E-state index contributed by atoms with van der Waals surface area (Å²) in [4.78, 5) is 47.3. The van der Waals surface area contributed by atoms with E-state index in [-0.39, 0.29) is 23.4 Å². The number of carbonyl (C=O) groups is 3. The highest BCUT2D eigenvalue weighted by Gasteiger charge is 2.23. The Morgan fingerprint density at radius 1 is 1.16 bits per heavy atom. The normalized spacial score (nSPS) is 12.0. The Morgan fingerprint density at radius 2 is 1.87 bits per heavy atom. The lowest BCUT2D eigenvalue weighted by Crippen LogP contribution is -2.44. The van der Waals surface area contributed by atoms with Gasteiger partial charge in [0.2, 0.25) is 0 Å². The topological polar surface area (TPSA) is 139 Å². The van der Waals surface area contributed by atoms with Gasteiger partial charge in [0, 0.05) is 17.7 Å². The van der Waals surface area contributed by atoms with Gasteiger partial charge in [-0.15, -0.1) is 0 Å². The molecule has 0 aliphatic rings. The highest BCUT2D eigenvalue weighted by molar-refractivity contribution is 7.98. The number of amides is 2. The number of hydrogen-bond donors (Lipinski definition) is 3. The van der Waals surface area contributed by atoms with Crippen LogP contribution in [0.15, 0.2) is 60.3 Å². The smallest absolute Gasteiger partial charge is 0.326 e. The van der Waals surface area contributed by atoms with Gasteiger partial charge in [0.1, 0.15) is 11.7 Å². The third-order valence-corrected chi connectivity index (χ3v) is 4.78. The minimum Gasteiger partial charge on any atom is -0.480 e. The van der Waals surface area contributed by atoms with Gasteiger partial charge in [-0.05, 0) is 42.2 Å². The number of carboxylic acids is 1. The minimum absolute atomic E-state index is 0.189. The first-order valence-electron chi connectivity index (χ1n) is 9.17. The van der Waals surface area contributed by atoms with Crippen LogP contribution in [0.5, 0.6) is 0 Å². The molecule has 2 aromatic rings. The monoisotopic (exact) mass is 443 g/mol. The fraction of sp³-hybridized carbons (Fsp3) is 0.190. The summed E-state index contributed by atoms with van der Waals surface area (Å²) in [6.07, 6.45) is 3.27. The minimum atomic E-state index is -1.20. The summed E-state index contributed by atoms with van der Waals surface area (Å²) < 4.78 is 0. The summed E-state index contributed by atoms with van der Waals surface area (Å²) in [5.74, 6) is -2.09. The second-order valence-corrected chi connectivity index (χ2v) is 7.36. The molecule has 0 aliphatic carbocycles. The summed E-state index contributed by atoms with van der Waals surface area (Å²) in [7, 11) is 0. The number of carbonyl (C=O) groups excluding carboxylic acids is 2. The number of nitrogens with one attached hydrogen (secondary N) is 2. The molecule has 0 radical (unpaired) electrons. The van der Waals surface area contributed by atoms with Crippen LogP contribution in [0.2, 0.25) is 0 Å². The van der Waals surface area contributed by atoms with Crippen LogP contribution in [-0.2, 0) is 9.59 Å². The van der Waals surface area contributed by atoms with Crippen LogP contribution in [0.3, 0.4) is 0 Å². The Kier molecular flexibility index (Phi) is 8.77. The molecule has 0 aliphatic heterocycles. The third kappa shape index (κ3) is 7.27. The number of aliphatic carboxylic acids is 1. The third-order valence-electron chi connectivity index (χ3n) is 4.13. The molecule has 2 rings (SSSR count). The summed E-state index contributed by atoms with van der Waals surface area (Å²) in [5, 5.41) is 25.3. The van der Waals surface area contributed by atoms with Gasteiger partial charge in [-0.3, -0.25) is 19.7 Å². The van der Waals surface area contributed by atoms with Crippen molar-refractivity contribution < 1.29 is 24.4 Å². The molecule has 162 valence electrons. The van der Waals surface area contributed by atoms with E-state index in [0.717, 1.165) is 0 Å². The number of thioether (sulfide) groups is 1. The van der Waals surface area contributed by atoms with Crippen molar-refractivity contribution in [2.24, 2.45) is 0 Å². The molecule has 3 N–H and O–H groups in total. The lowest BCUT2D eigenvalue weighted by Gasteiger charge is -2.16. The first kappa shape index (κ1) is 23.6. The van der Waals surface area contributed by atoms with Gasteiger partial charge in [0.15, 0.2) is 0 Å². The Hall–Kier alpha value is -3.66. The highest BCUT2D eigenvalue weighted by Crippen LogP contribution is 2.16. The molecule has 0 heterocycles. The molecular formula is C21H21N3O6S. The molecule has 9 nitrogen and oxygen atoms in total. The van der Waals surface area contributed by atoms with Crippen molar-refractivity contribution in [3.63, 3.8) is 0 Å². The predicted octanol–water partition coefficient (Wildman–Crippen LogP) is 2.69. The van der Waals surface area contributed by atoms with Crippen LogP contribution in [0.25, 0.3) is 6.08 Å². The van der Waals surface area contributed by atoms with Crippen LogP contribution in [-0.4, -0.2) is 45.9 Å². The largest absolute Gasteiger partial charge is 0.480 e. The van der Waals surface area contributed by atoms with Gasteiger partial charge in [-0.1, -0.05) is 30.3 Å². The molecule has 2 amide bonds. The van der Waals surface area contributed by atoms with Crippen molar-refractivity contribution in [3.05, 3.63) is 81.5 Å². The number of carboxylic acid groups (broad SMARTS) is 1. The Bertz CT molecular complexity index is 994. The number of nitrogens with zero attached hydrogens (tertiary/aromatic N) is 1. The summed E-state index contributed by atoms with van der Waals surface area (Å²) in [6.45, 7) is 0. The lowest BCUT2D eigenvalue weighted by molar-refractivity contribution is -0.384. The van der Waals surface area contributed by atoms with E-state index in [1.165, 1.54) is 42.1 Å². The summed E-state index contributed by atoms with van der Waals surface area (Å²) in [5.41, 5.74) is 0.164. The second kappa shape index (κ2) is 11.5. The van der Waals surface area contributed by atoms with Crippen LogP contribution in [0.1, 0.15) is 22.3 Å². The molecule has 10 heteroatoms. The highest BCUT2D eigenvalue weighted by atomic mass is 32.2. The van der Waals surface area contributed by atoms with Crippen molar-refractivity contribution in [2.75, 3.05) is 12.0 Å². The predicted molar refractivity (Wildman–Crippen MR) is 118 cm³/mol. The van der Waals surface area contributed by atoms with E-state index in [1.54, 1.807) is 30.3 Å². The van der Waals surface area contributed by atoms with Crippen molar-refractivity contribution in [2.45, 2.75) is 12.5 Å². The van der Waals surface area contributed by atoms with Gasteiger partial charge in [0.05, 0.1) is 4.92 Å². The molecule has 0 unspecified atom stereocenters. The number of rotatable bonds is 10. The van der Waals surface area contributed by atoms with E-state index in [0.29, 0.717) is 11.3 Å². The number of hydrogen-bond acceptors (Lipinski definition) is 6. The number of non-ortho nitro benzene ring substituents is 1. The number of nitro benzene ring substituents is 1. The molecule has 0 spiro atoms. The van der Waals surface area contributed by atoms with Gasteiger partial charge < -0.3 is 15.7 Å². The Labute approximate surface area is 182 Å². The van der Waals surface area contributed by atoms with Crippen LogP contribution in [0, 0.1) is 10.1 Å². The van der Waals surface area contributed by atoms with Gasteiger partial charge in [0.25, 0.3) is 17.5 Å². The molecule has 0 saturated carbocycles. The van der Waals surface area contributed by atoms with E-state index in [2.05, 4.69) is 10.6 Å². The summed E-state index contributed by atoms with van der Waals surface area (Å²) in [6, 6.07) is 12.5. The lowest BCUT2D eigenvalue weighted by atomic mass is 10.1. The fourth-order valence-electron chi connectivity index (χ4n) is 2.57. The zero-order valence-electron chi connectivity index (χ0n) is 16.6. The van der Waals surface area contributed by atoms with Gasteiger partial charge in [-0.2, -0.15) is 11.8 Å². The molecule has 0 bridgehead atoms. The Morgan fingerprint density at radius 3 is 2.48 bits per heavy atom. The standard InChI is InChI=1S/C21H21N3O6S/c1-31-11-10-17(21(27)28)22-20(26)18(23-19(25)15-7-3-2-4-8-15)13-14-6-5-9-16(12-14)24(29)30/h2-9,12-13,17H,10-11H2,1H3,(H,22,26)(H,23,25)(H,27,28)/b18-13+/t17-/m1/s1. The van der Waals surface area contributed by atoms with E-state index < -0.39 is 28.7 Å². The maximum Gasteiger partial charge on any atom is 0.326 e. The number of benzene rings is 2. The zero-order chi connectivity index (χ0) is 22.8. The Balaban J connectivity index is 2.35. The van der Waals surface area contributed by atoms with Crippen molar-refractivity contribution in [1.29, 1.82) is 0 Å². The average molecular weight is 443 g/mol. The molecule has 31 heavy (non-hydrogen) atoms. The molecule has 0 aromatic heterocycles. The van der Waals surface area contributed by atoms with E-state index in [1.807, 2.05) is 6.26 Å². The summed E-state index contributed by atoms with van der Waals surface area (Å²) >= 11 is 1.43. The molecule has 0 saturated heterocycles. The van der Waals surface area contributed by atoms with E-state index >= 15 is 0 Å². The van der Waals surface area contributed by atoms with Crippen molar-refractivity contribution in [3.8, 4) is 0 Å². The average Bonchev–Trinajstić information content (AvgIpc) is 2.76. The van der Waals surface area contributed by atoms with Crippen LogP contribution < -0.4 is 10.6 Å². The van der Waals surface area contributed by atoms with Gasteiger partial charge in [-0.25, -0.2) is 4.79 Å². The van der Waals surface area contributed by atoms with E-state index in [4.69, 9.17) is 0 Å². The second-order valence-electron chi connectivity index (χ2n) is 6.38. The van der Waals surface area contributed by atoms with Crippen molar-refractivity contribution in [1.82, 2.24) is 10.6 Å². The van der Waals surface area contributed by atoms with Crippen LogP contribution in [0.4, 0.5) is 5.69 Å². The number of nitro groups is 1. The molecule has 1 atom stereocenters. The first-order chi connectivity index (χ1) is 14.8.